The van der Waals surface area contributed by atoms with Gasteiger partial charge in [0.1, 0.15) is 15.9 Å². The predicted molar refractivity (Wildman–Crippen MR) is 114 cm³/mol. The van der Waals surface area contributed by atoms with Crippen LogP contribution in [-0.2, 0) is 10.9 Å². The minimum Gasteiger partial charge on any atom is -0.377 e. The number of urea groups is 1. The quantitative estimate of drug-likeness (QED) is 0.438. The molecule has 0 spiro atoms. The maximum Gasteiger partial charge on any atom is 0.420 e. The Morgan fingerprint density at radius 1 is 1.18 bits per heavy atom. The first-order chi connectivity index (χ1) is 15.7. The van der Waals surface area contributed by atoms with Crippen LogP contribution in [0.25, 0.3) is 16.2 Å². The summed E-state index contributed by atoms with van der Waals surface area (Å²) >= 11 is 1.40. The molecule has 172 valence electrons. The number of thiazole rings is 1. The summed E-state index contributed by atoms with van der Waals surface area (Å²) in [5.41, 5.74) is 0.237. The lowest BCUT2D eigenvalue weighted by atomic mass is 10.1. The van der Waals surface area contributed by atoms with Crippen molar-refractivity contribution >= 4 is 39.1 Å². The molecule has 0 radical (unpaired) electrons. The zero-order valence-corrected chi connectivity index (χ0v) is 18.3. The summed E-state index contributed by atoms with van der Waals surface area (Å²) < 4.78 is 46.1. The number of hydrogen-bond donors (Lipinski definition) is 2. The second-order valence-corrected chi connectivity index (χ2v) is 8.02. The molecule has 0 aromatic carbocycles. The Balaban J connectivity index is 1.63. The van der Waals surface area contributed by atoms with Crippen molar-refractivity contribution in [1.82, 2.24) is 29.9 Å². The lowest BCUT2D eigenvalue weighted by Gasteiger charge is -2.17. The van der Waals surface area contributed by atoms with Crippen LogP contribution in [0, 0.1) is 6.92 Å². The molecule has 1 atom stereocenters. The molecule has 0 unspecified atom stereocenters. The predicted octanol–water partition coefficient (Wildman–Crippen LogP) is 4.35. The number of hydrogen-bond acceptors (Lipinski definition) is 8. The van der Waals surface area contributed by atoms with Crippen LogP contribution in [0.15, 0.2) is 30.9 Å². The molecular formula is C19H17F3N8O2S. The van der Waals surface area contributed by atoms with Crippen LogP contribution >= 0.6 is 11.3 Å². The van der Waals surface area contributed by atoms with Crippen molar-refractivity contribution in [3.63, 3.8) is 0 Å². The van der Waals surface area contributed by atoms with E-state index in [0.717, 1.165) is 22.1 Å². The summed E-state index contributed by atoms with van der Waals surface area (Å²) in [4.78, 5) is 26.6. The number of pyridine rings is 2. The topological polar surface area (TPSA) is 120 Å². The number of nitrogens with zero attached hydrogens (tertiary/aromatic N) is 6. The minimum atomic E-state index is -4.75. The molecule has 4 aromatic heterocycles. The zero-order chi connectivity index (χ0) is 23.8. The number of anilines is 2. The van der Waals surface area contributed by atoms with Gasteiger partial charge in [-0.15, -0.1) is 4.80 Å². The van der Waals surface area contributed by atoms with E-state index in [0.29, 0.717) is 21.6 Å². The van der Waals surface area contributed by atoms with E-state index in [9.17, 15) is 18.0 Å². The number of aryl methyl sites for hydroxylation is 1. The summed E-state index contributed by atoms with van der Waals surface area (Å²) in [7, 11) is 1.51. The average Bonchev–Trinajstić information content (AvgIpc) is 3.41. The van der Waals surface area contributed by atoms with Gasteiger partial charge in [-0.2, -0.15) is 23.4 Å². The fourth-order valence-corrected chi connectivity index (χ4v) is 3.91. The third-order valence-electron chi connectivity index (χ3n) is 4.62. The number of methoxy groups -OCH3 is 1. The highest BCUT2D eigenvalue weighted by Crippen LogP contribution is 2.35. The number of halogens is 3. The SMILES string of the molecule is CO[C@H](C)c1c(NC(=O)Nc2cnc(-n3nccn3)c(C(F)(F)F)c2)cnc2sc(C)nc12. The number of fused-ring (bicyclic) bond motifs is 1. The molecule has 2 N–H and O–H groups in total. The molecule has 0 fully saturated rings. The van der Waals surface area contributed by atoms with E-state index < -0.39 is 29.7 Å². The van der Waals surface area contributed by atoms with Crippen molar-refractivity contribution in [2.45, 2.75) is 26.1 Å². The molecule has 4 aromatic rings. The standard InChI is InChI=1S/C19H17F3N8O2S/c1-9(32-3)14-13(8-24-17-15(14)27-10(2)33-17)29-18(31)28-11-6-12(19(20,21)22)16(23-7-11)30-25-4-5-26-30/h4-9H,1-3H3,(H2,28,29,31)/t9-/m1/s1. The van der Waals surface area contributed by atoms with Crippen LogP contribution in [-0.4, -0.2) is 43.1 Å². The molecule has 0 saturated carbocycles. The highest BCUT2D eigenvalue weighted by atomic mass is 32.1. The van der Waals surface area contributed by atoms with Crippen molar-refractivity contribution in [2.75, 3.05) is 17.7 Å². The Hall–Kier alpha value is -3.65. The van der Waals surface area contributed by atoms with Gasteiger partial charge in [0.15, 0.2) is 5.82 Å². The molecule has 0 aliphatic heterocycles. The molecule has 10 nitrogen and oxygen atoms in total. The van der Waals surface area contributed by atoms with Crippen LogP contribution in [0.4, 0.5) is 29.3 Å². The molecule has 4 heterocycles. The van der Waals surface area contributed by atoms with E-state index in [1.54, 1.807) is 6.92 Å². The van der Waals surface area contributed by atoms with Crippen molar-refractivity contribution in [3.8, 4) is 5.82 Å². The van der Waals surface area contributed by atoms with Crippen LogP contribution in [0.3, 0.4) is 0 Å². The number of nitrogens with one attached hydrogen (secondary N) is 2. The van der Waals surface area contributed by atoms with Crippen LogP contribution in [0.1, 0.15) is 29.2 Å². The molecule has 2 amide bonds. The van der Waals surface area contributed by atoms with E-state index in [4.69, 9.17) is 4.74 Å². The van der Waals surface area contributed by atoms with Gasteiger partial charge in [0, 0.05) is 12.7 Å². The van der Waals surface area contributed by atoms with Crippen LogP contribution in [0.2, 0.25) is 0 Å². The lowest BCUT2D eigenvalue weighted by molar-refractivity contribution is -0.137. The van der Waals surface area contributed by atoms with E-state index in [-0.39, 0.29) is 5.69 Å². The normalized spacial score (nSPS) is 12.7. The Kier molecular flexibility index (Phi) is 5.95. The summed E-state index contributed by atoms with van der Waals surface area (Å²) in [6, 6.07) is -0.0256. The van der Waals surface area contributed by atoms with Gasteiger partial charge < -0.3 is 15.4 Å². The molecule has 0 aliphatic rings. The Morgan fingerprint density at radius 2 is 1.91 bits per heavy atom. The molecule has 33 heavy (non-hydrogen) atoms. The highest BCUT2D eigenvalue weighted by Gasteiger charge is 2.36. The maximum atomic E-state index is 13.6. The van der Waals surface area contributed by atoms with Gasteiger partial charge >= 0.3 is 12.2 Å². The third-order valence-corrected chi connectivity index (χ3v) is 5.50. The first kappa shape index (κ1) is 22.5. The van der Waals surface area contributed by atoms with Gasteiger partial charge in [0.2, 0.25) is 0 Å². The fraction of sp³-hybridized carbons (Fsp3) is 0.263. The Morgan fingerprint density at radius 3 is 2.58 bits per heavy atom. The molecule has 0 bridgehead atoms. The molecule has 14 heteroatoms. The van der Waals surface area contributed by atoms with Crippen molar-refractivity contribution < 1.29 is 22.7 Å². The summed E-state index contributed by atoms with van der Waals surface area (Å²) in [6.07, 6.45) is -0.175. The lowest BCUT2D eigenvalue weighted by Crippen LogP contribution is -2.22. The largest absolute Gasteiger partial charge is 0.420 e. The minimum absolute atomic E-state index is 0.171. The van der Waals surface area contributed by atoms with Gasteiger partial charge in [-0.3, -0.25) is 0 Å². The summed E-state index contributed by atoms with van der Waals surface area (Å²) in [5, 5.41) is 13.1. The van der Waals surface area contributed by atoms with Crippen molar-refractivity contribution in [2.24, 2.45) is 0 Å². The van der Waals surface area contributed by atoms with Crippen molar-refractivity contribution in [3.05, 3.63) is 47.0 Å². The van der Waals surface area contributed by atoms with Crippen LogP contribution in [0.5, 0.6) is 0 Å². The molecular weight excluding hydrogens is 461 g/mol. The molecule has 4 rings (SSSR count). The van der Waals surface area contributed by atoms with Crippen LogP contribution < -0.4 is 10.6 Å². The van der Waals surface area contributed by atoms with Gasteiger partial charge in [0.05, 0.1) is 47.3 Å². The second kappa shape index (κ2) is 8.71. The van der Waals surface area contributed by atoms with Gasteiger partial charge in [-0.05, 0) is 19.9 Å². The highest BCUT2D eigenvalue weighted by molar-refractivity contribution is 7.18. The Labute approximate surface area is 188 Å². The number of alkyl halides is 3. The summed E-state index contributed by atoms with van der Waals surface area (Å²) in [6.45, 7) is 3.62. The second-order valence-electron chi connectivity index (χ2n) is 6.84. The van der Waals surface area contributed by atoms with Crippen molar-refractivity contribution in [1.29, 1.82) is 0 Å². The average molecular weight is 478 g/mol. The number of amides is 2. The zero-order valence-electron chi connectivity index (χ0n) is 17.5. The monoisotopic (exact) mass is 478 g/mol. The number of carbonyl (C=O) groups excluding carboxylic acids is 1. The van der Waals surface area contributed by atoms with E-state index in [2.05, 4.69) is 35.8 Å². The number of aromatic nitrogens is 6. The van der Waals surface area contributed by atoms with Gasteiger partial charge in [-0.25, -0.2) is 19.7 Å². The van der Waals surface area contributed by atoms with E-state index >= 15 is 0 Å². The number of ether oxygens (including phenoxy) is 1. The van der Waals surface area contributed by atoms with Gasteiger partial charge in [-0.1, -0.05) is 11.3 Å². The fourth-order valence-electron chi connectivity index (χ4n) is 3.13. The number of rotatable bonds is 5. The first-order valence-electron chi connectivity index (χ1n) is 9.48. The maximum absolute atomic E-state index is 13.6. The Bertz CT molecular complexity index is 1310. The van der Waals surface area contributed by atoms with E-state index in [1.807, 2.05) is 6.92 Å². The first-order valence-corrected chi connectivity index (χ1v) is 10.3. The smallest absolute Gasteiger partial charge is 0.377 e. The van der Waals surface area contributed by atoms with Gasteiger partial charge in [0.25, 0.3) is 0 Å². The molecule has 0 saturated heterocycles. The number of carbonyl (C=O) groups is 1. The third kappa shape index (κ3) is 4.61. The van der Waals surface area contributed by atoms with E-state index in [1.165, 1.54) is 37.0 Å². The summed E-state index contributed by atoms with van der Waals surface area (Å²) in [5.74, 6) is -0.511. The molecule has 0 aliphatic carbocycles.